The van der Waals surface area contributed by atoms with Gasteiger partial charge in [-0.1, -0.05) is 36.7 Å². The largest absolute Gasteiger partial charge is 0.322 e. The molecule has 30 heavy (non-hydrogen) atoms. The van der Waals surface area contributed by atoms with Crippen molar-refractivity contribution in [3.63, 3.8) is 0 Å². The van der Waals surface area contributed by atoms with Gasteiger partial charge in [0.2, 0.25) is 0 Å². The fraction of sp³-hybridized carbons (Fsp3) is 0.333. The van der Waals surface area contributed by atoms with Gasteiger partial charge in [0.05, 0.1) is 23.1 Å². The third-order valence-electron chi connectivity index (χ3n) is 5.77. The lowest BCUT2D eigenvalue weighted by molar-refractivity contribution is 0.102. The minimum absolute atomic E-state index is 0.124. The van der Waals surface area contributed by atoms with E-state index >= 15 is 0 Å². The summed E-state index contributed by atoms with van der Waals surface area (Å²) in [7, 11) is 0. The molecule has 0 saturated carbocycles. The number of benzene rings is 2. The number of aryl methyl sites for hydroxylation is 2. The Balaban J connectivity index is 1.72. The molecule has 0 unspecified atom stereocenters. The zero-order chi connectivity index (χ0) is 21.1. The predicted octanol–water partition coefficient (Wildman–Crippen LogP) is 5.12. The Labute approximate surface area is 182 Å². The molecule has 0 radical (unpaired) electrons. The van der Waals surface area contributed by atoms with Crippen LogP contribution in [0.25, 0.3) is 5.69 Å². The molecule has 156 valence electrons. The second-order valence-corrected chi connectivity index (χ2v) is 8.23. The second-order valence-electron chi connectivity index (χ2n) is 7.82. The van der Waals surface area contributed by atoms with Crippen LogP contribution in [0.2, 0.25) is 5.02 Å². The highest BCUT2D eigenvalue weighted by atomic mass is 35.5. The number of anilines is 1. The molecule has 5 nitrogen and oxygen atoms in total. The minimum Gasteiger partial charge on any atom is -0.322 e. The highest BCUT2D eigenvalue weighted by Gasteiger charge is 2.27. The normalized spacial score (nSPS) is 14.6. The van der Waals surface area contributed by atoms with E-state index in [0.29, 0.717) is 10.6 Å². The van der Waals surface area contributed by atoms with Crippen LogP contribution in [0, 0.1) is 6.92 Å². The molecule has 2 aromatic carbocycles. The van der Waals surface area contributed by atoms with Gasteiger partial charge in [-0.2, -0.15) is 5.10 Å². The van der Waals surface area contributed by atoms with Crippen molar-refractivity contribution in [2.75, 3.05) is 18.4 Å². The Kier molecular flexibility index (Phi) is 6.21. The van der Waals surface area contributed by atoms with Crippen LogP contribution >= 0.6 is 11.6 Å². The number of halogens is 1. The molecule has 6 heteroatoms. The monoisotopic (exact) mass is 422 g/mol. The van der Waals surface area contributed by atoms with Crippen molar-refractivity contribution in [3.8, 4) is 5.69 Å². The molecule has 3 aromatic rings. The van der Waals surface area contributed by atoms with E-state index in [9.17, 15) is 4.79 Å². The lowest BCUT2D eigenvalue weighted by Crippen LogP contribution is -2.29. The minimum atomic E-state index is -0.124. The molecule has 0 bridgehead atoms. The molecular weight excluding hydrogens is 396 g/mol. The zero-order valence-corrected chi connectivity index (χ0v) is 18.2. The summed E-state index contributed by atoms with van der Waals surface area (Å²) in [6.45, 7) is 5.95. The van der Waals surface area contributed by atoms with Gasteiger partial charge in [-0.25, -0.2) is 4.68 Å². The Morgan fingerprint density at radius 2 is 2.03 bits per heavy atom. The topological polar surface area (TPSA) is 59.0 Å². The average Bonchev–Trinajstić information content (AvgIpc) is 3.22. The molecule has 2 heterocycles. The van der Waals surface area contributed by atoms with Crippen LogP contribution in [0.3, 0.4) is 0 Å². The van der Waals surface area contributed by atoms with Crippen LogP contribution in [-0.2, 0) is 6.42 Å². The van der Waals surface area contributed by atoms with Crippen molar-refractivity contribution >= 4 is 23.2 Å². The molecule has 1 fully saturated rings. The second kappa shape index (κ2) is 9.02. The number of hydrogen-bond donors (Lipinski definition) is 2. The summed E-state index contributed by atoms with van der Waals surface area (Å²) < 4.78 is 1.89. The van der Waals surface area contributed by atoms with Gasteiger partial charge in [0.25, 0.3) is 5.91 Å². The van der Waals surface area contributed by atoms with Crippen LogP contribution in [0.1, 0.15) is 52.9 Å². The molecule has 0 aliphatic carbocycles. The Morgan fingerprint density at radius 3 is 2.77 bits per heavy atom. The van der Waals surface area contributed by atoms with Gasteiger partial charge >= 0.3 is 0 Å². The summed E-state index contributed by atoms with van der Waals surface area (Å²) in [6, 6.07) is 13.9. The number of carbonyl (C=O) groups is 1. The maximum Gasteiger partial charge on any atom is 0.259 e. The van der Waals surface area contributed by atoms with E-state index in [2.05, 4.69) is 28.7 Å². The number of rotatable bonds is 5. The fourth-order valence-electron chi connectivity index (χ4n) is 4.01. The van der Waals surface area contributed by atoms with E-state index in [1.165, 1.54) is 5.56 Å². The van der Waals surface area contributed by atoms with E-state index < -0.39 is 0 Å². The molecule has 1 saturated heterocycles. The van der Waals surface area contributed by atoms with E-state index in [0.717, 1.165) is 55.0 Å². The van der Waals surface area contributed by atoms with Crippen LogP contribution in [0.15, 0.2) is 48.7 Å². The van der Waals surface area contributed by atoms with E-state index in [1.807, 2.05) is 48.0 Å². The number of nitrogens with one attached hydrogen (secondary N) is 2. The third kappa shape index (κ3) is 4.27. The summed E-state index contributed by atoms with van der Waals surface area (Å²) in [6.07, 6.45) is 4.55. The van der Waals surface area contributed by atoms with Gasteiger partial charge in [-0.05, 0) is 74.7 Å². The van der Waals surface area contributed by atoms with Crippen molar-refractivity contribution in [3.05, 3.63) is 76.1 Å². The number of hydrogen-bond acceptors (Lipinski definition) is 3. The van der Waals surface area contributed by atoms with E-state index in [-0.39, 0.29) is 11.8 Å². The summed E-state index contributed by atoms with van der Waals surface area (Å²) in [5.41, 5.74) is 5.48. The van der Waals surface area contributed by atoms with Crippen molar-refractivity contribution in [1.29, 1.82) is 0 Å². The number of amides is 1. The number of piperidine rings is 1. The molecule has 1 aromatic heterocycles. The predicted molar refractivity (Wildman–Crippen MR) is 122 cm³/mol. The molecule has 4 rings (SSSR count). The Morgan fingerprint density at radius 1 is 1.23 bits per heavy atom. The maximum atomic E-state index is 13.2. The number of nitrogens with zero attached hydrogens (tertiary/aromatic N) is 2. The van der Waals surface area contributed by atoms with Crippen LogP contribution in [-0.4, -0.2) is 28.8 Å². The first-order chi connectivity index (χ1) is 14.6. The van der Waals surface area contributed by atoms with Crippen molar-refractivity contribution in [2.45, 2.75) is 39.0 Å². The Bertz CT molecular complexity index is 1050. The van der Waals surface area contributed by atoms with Crippen molar-refractivity contribution in [2.24, 2.45) is 0 Å². The first-order valence-electron chi connectivity index (χ1n) is 10.5. The van der Waals surface area contributed by atoms with Gasteiger partial charge in [-0.3, -0.25) is 4.79 Å². The summed E-state index contributed by atoms with van der Waals surface area (Å²) >= 11 is 6.38. The van der Waals surface area contributed by atoms with Crippen LogP contribution < -0.4 is 10.6 Å². The van der Waals surface area contributed by atoms with Gasteiger partial charge in [0.15, 0.2) is 0 Å². The molecule has 1 aliphatic rings. The molecule has 1 amide bonds. The van der Waals surface area contributed by atoms with E-state index in [1.54, 1.807) is 6.20 Å². The molecular formula is C24H27ClN4O. The highest BCUT2D eigenvalue weighted by Crippen LogP contribution is 2.31. The van der Waals surface area contributed by atoms with E-state index in [4.69, 9.17) is 11.6 Å². The van der Waals surface area contributed by atoms with Crippen LogP contribution in [0.4, 0.5) is 5.69 Å². The molecule has 1 aliphatic heterocycles. The standard InChI is InChI=1S/C24H27ClN4O/c1-3-17-5-4-6-19(13-17)28-24(30)21-15-27-29(20-8-7-16(2)22(25)14-20)23(21)18-9-11-26-12-10-18/h4-8,13-15,18,26H,3,9-12H2,1-2H3,(H,28,30). The highest BCUT2D eigenvalue weighted by molar-refractivity contribution is 6.31. The maximum absolute atomic E-state index is 13.2. The summed E-state index contributed by atoms with van der Waals surface area (Å²) in [5, 5.41) is 11.8. The third-order valence-corrected chi connectivity index (χ3v) is 6.18. The van der Waals surface area contributed by atoms with Gasteiger partial charge in [0.1, 0.15) is 0 Å². The average molecular weight is 423 g/mol. The van der Waals surface area contributed by atoms with Crippen LogP contribution in [0.5, 0.6) is 0 Å². The number of aromatic nitrogens is 2. The van der Waals surface area contributed by atoms with Gasteiger partial charge in [0, 0.05) is 16.6 Å². The SMILES string of the molecule is CCc1cccc(NC(=O)c2cnn(-c3ccc(C)c(Cl)c3)c2C2CCNCC2)c1. The lowest BCUT2D eigenvalue weighted by Gasteiger charge is -2.25. The summed E-state index contributed by atoms with van der Waals surface area (Å²) in [5.74, 6) is 0.137. The molecule has 0 spiro atoms. The van der Waals surface area contributed by atoms with Gasteiger partial charge in [-0.15, -0.1) is 0 Å². The number of carbonyl (C=O) groups excluding carboxylic acids is 1. The molecule has 0 atom stereocenters. The van der Waals surface area contributed by atoms with Gasteiger partial charge < -0.3 is 10.6 Å². The first-order valence-corrected chi connectivity index (χ1v) is 10.9. The quantitative estimate of drug-likeness (QED) is 0.600. The Hall–Kier alpha value is -2.63. The summed E-state index contributed by atoms with van der Waals surface area (Å²) in [4.78, 5) is 13.2. The lowest BCUT2D eigenvalue weighted by atomic mass is 9.91. The molecule has 2 N–H and O–H groups in total. The zero-order valence-electron chi connectivity index (χ0n) is 17.4. The fourth-order valence-corrected chi connectivity index (χ4v) is 4.18. The van der Waals surface area contributed by atoms with Crippen molar-refractivity contribution < 1.29 is 4.79 Å². The van der Waals surface area contributed by atoms with Crippen molar-refractivity contribution in [1.82, 2.24) is 15.1 Å². The smallest absolute Gasteiger partial charge is 0.259 e. The first kappa shape index (κ1) is 20.6.